The highest BCUT2D eigenvalue weighted by Gasteiger charge is 2.32. The number of carbonyl (C=O) groups excluding carboxylic acids is 3. The largest absolute Gasteiger partial charge is 0.484 e. The van der Waals surface area contributed by atoms with Gasteiger partial charge in [-0.25, -0.2) is 0 Å². The Bertz CT molecular complexity index is 664. The molecule has 7 nitrogen and oxygen atoms in total. The molecule has 0 atom stereocenters. The highest BCUT2D eigenvalue weighted by molar-refractivity contribution is 5.94. The Morgan fingerprint density at radius 3 is 2.36 bits per heavy atom. The van der Waals surface area contributed by atoms with Crippen molar-refractivity contribution in [3.8, 4) is 5.75 Å². The Morgan fingerprint density at radius 2 is 1.76 bits per heavy atom. The van der Waals surface area contributed by atoms with Crippen molar-refractivity contribution >= 4 is 17.7 Å². The average Bonchev–Trinajstić information content (AvgIpc) is 2.58. The highest BCUT2D eigenvalue weighted by atomic mass is 16.5. The molecule has 7 heteroatoms. The maximum atomic E-state index is 12.6. The van der Waals surface area contributed by atoms with E-state index in [0.717, 1.165) is 19.3 Å². The van der Waals surface area contributed by atoms with Gasteiger partial charge in [0.05, 0.1) is 0 Å². The Kier molecular flexibility index (Phi) is 5.21. The lowest BCUT2D eigenvalue weighted by Gasteiger charge is -2.38. The first-order chi connectivity index (χ1) is 12.0. The Morgan fingerprint density at radius 1 is 1.08 bits per heavy atom. The van der Waals surface area contributed by atoms with Gasteiger partial charge in [-0.2, -0.15) is 0 Å². The molecule has 134 valence electrons. The van der Waals surface area contributed by atoms with Crippen LogP contribution in [-0.4, -0.2) is 60.3 Å². The van der Waals surface area contributed by atoms with Crippen LogP contribution in [0.4, 0.5) is 0 Å². The second-order valence-corrected chi connectivity index (χ2v) is 6.53. The Hall–Kier alpha value is -2.57. The first-order valence-corrected chi connectivity index (χ1v) is 8.64. The lowest BCUT2D eigenvalue weighted by molar-refractivity contribution is -0.139. The molecule has 0 aromatic heterocycles. The van der Waals surface area contributed by atoms with Crippen LogP contribution in [0.3, 0.4) is 0 Å². The number of piperazine rings is 1. The van der Waals surface area contributed by atoms with E-state index in [2.05, 4.69) is 0 Å². The standard InChI is InChI=1S/C18H23N3O4/c19-16(22)12-25-15-6-2-5-14(11-15)18(24)21-9-7-20(8-10-21)17(23)13-3-1-4-13/h2,5-6,11,13H,1,3-4,7-10,12H2,(H2,19,22). The lowest BCUT2D eigenvalue weighted by atomic mass is 9.84. The van der Waals surface area contributed by atoms with E-state index in [-0.39, 0.29) is 24.3 Å². The van der Waals surface area contributed by atoms with Gasteiger partial charge < -0.3 is 20.3 Å². The number of amides is 3. The number of benzene rings is 1. The van der Waals surface area contributed by atoms with Crippen LogP contribution in [-0.2, 0) is 9.59 Å². The van der Waals surface area contributed by atoms with Crippen LogP contribution >= 0.6 is 0 Å². The summed E-state index contributed by atoms with van der Waals surface area (Å²) in [5.74, 6) is 0.203. The smallest absolute Gasteiger partial charge is 0.255 e. The minimum Gasteiger partial charge on any atom is -0.484 e. The third-order valence-electron chi connectivity index (χ3n) is 4.80. The van der Waals surface area contributed by atoms with E-state index in [4.69, 9.17) is 10.5 Å². The molecule has 1 aromatic rings. The van der Waals surface area contributed by atoms with E-state index in [0.29, 0.717) is 37.5 Å². The van der Waals surface area contributed by atoms with Crippen molar-refractivity contribution in [2.45, 2.75) is 19.3 Å². The summed E-state index contributed by atoms with van der Waals surface area (Å²) in [5, 5.41) is 0. The first kappa shape index (κ1) is 17.3. The van der Waals surface area contributed by atoms with E-state index in [1.54, 1.807) is 29.2 Å². The number of hydrogen-bond acceptors (Lipinski definition) is 4. The molecule has 0 bridgehead atoms. The predicted molar refractivity (Wildman–Crippen MR) is 91.0 cm³/mol. The van der Waals surface area contributed by atoms with Crippen LogP contribution in [0.5, 0.6) is 5.75 Å². The summed E-state index contributed by atoms with van der Waals surface area (Å²) in [4.78, 5) is 39.3. The normalized spacial score (nSPS) is 17.8. The molecule has 2 N–H and O–H groups in total. The maximum Gasteiger partial charge on any atom is 0.255 e. The van der Waals surface area contributed by atoms with E-state index >= 15 is 0 Å². The molecule has 25 heavy (non-hydrogen) atoms. The topological polar surface area (TPSA) is 92.9 Å². The molecule has 3 amide bonds. The number of nitrogens with zero attached hydrogens (tertiary/aromatic N) is 2. The van der Waals surface area contributed by atoms with Crippen molar-refractivity contribution in [3.63, 3.8) is 0 Å². The average molecular weight is 345 g/mol. The van der Waals surface area contributed by atoms with Gasteiger partial charge in [-0.3, -0.25) is 14.4 Å². The van der Waals surface area contributed by atoms with Gasteiger partial charge in [0.15, 0.2) is 6.61 Å². The highest BCUT2D eigenvalue weighted by Crippen LogP contribution is 2.28. The zero-order chi connectivity index (χ0) is 17.8. The molecule has 0 radical (unpaired) electrons. The molecule has 3 rings (SSSR count). The van der Waals surface area contributed by atoms with Gasteiger partial charge in [0.25, 0.3) is 11.8 Å². The predicted octanol–water partition coefficient (Wildman–Crippen LogP) is 0.635. The van der Waals surface area contributed by atoms with Crippen molar-refractivity contribution in [3.05, 3.63) is 29.8 Å². The first-order valence-electron chi connectivity index (χ1n) is 8.64. The van der Waals surface area contributed by atoms with E-state index < -0.39 is 5.91 Å². The zero-order valence-electron chi connectivity index (χ0n) is 14.1. The summed E-state index contributed by atoms with van der Waals surface area (Å²) in [7, 11) is 0. The van der Waals surface area contributed by atoms with Crippen LogP contribution in [0.2, 0.25) is 0 Å². The van der Waals surface area contributed by atoms with Crippen LogP contribution in [0.15, 0.2) is 24.3 Å². The van der Waals surface area contributed by atoms with Gasteiger partial charge in [-0.15, -0.1) is 0 Å². The van der Waals surface area contributed by atoms with Crippen LogP contribution < -0.4 is 10.5 Å². The fourth-order valence-corrected chi connectivity index (χ4v) is 3.10. The zero-order valence-corrected chi connectivity index (χ0v) is 14.1. The minimum atomic E-state index is -0.566. The van der Waals surface area contributed by atoms with Gasteiger partial charge in [0, 0.05) is 37.7 Å². The van der Waals surface area contributed by atoms with Crippen molar-refractivity contribution < 1.29 is 19.1 Å². The van der Waals surface area contributed by atoms with E-state index in [9.17, 15) is 14.4 Å². The minimum absolute atomic E-state index is 0.0970. The fraction of sp³-hybridized carbons (Fsp3) is 0.500. The van der Waals surface area contributed by atoms with Crippen molar-refractivity contribution in [1.82, 2.24) is 9.80 Å². The van der Waals surface area contributed by atoms with Crippen LogP contribution in [0, 0.1) is 5.92 Å². The Labute approximate surface area is 146 Å². The third kappa shape index (κ3) is 4.10. The molecule has 1 saturated heterocycles. The number of carbonyl (C=O) groups is 3. The molecule has 1 heterocycles. The van der Waals surface area contributed by atoms with Gasteiger partial charge in [0.2, 0.25) is 5.91 Å². The van der Waals surface area contributed by atoms with Gasteiger partial charge in [0.1, 0.15) is 5.75 Å². The lowest BCUT2D eigenvalue weighted by Crippen LogP contribution is -2.52. The molecule has 0 spiro atoms. The quantitative estimate of drug-likeness (QED) is 0.847. The summed E-state index contributed by atoms with van der Waals surface area (Å²) in [5.41, 5.74) is 5.56. The number of primary amides is 1. The molecule has 1 aliphatic heterocycles. The summed E-state index contributed by atoms with van der Waals surface area (Å²) < 4.78 is 5.24. The molecular weight excluding hydrogens is 322 g/mol. The summed E-state index contributed by atoms with van der Waals surface area (Å²) >= 11 is 0. The van der Waals surface area contributed by atoms with E-state index in [1.807, 2.05) is 4.90 Å². The number of rotatable bonds is 5. The SMILES string of the molecule is NC(=O)COc1cccc(C(=O)N2CCN(C(=O)C3CCC3)CC2)c1. The third-order valence-corrected chi connectivity index (χ3v) is 4.80. The van der Waals surface area contributed by atoms with Crippen LogP contribution in [0.1, 0.15) is 29.6 Å². The fourth-order valence-electron chi connectivity index (χ4n) is 3.10. The number of nitrogens with two attached hydrogens (primary N) is 1. The second-order valence-electron chi connectivity index (χ2n) is 6.53. The summed E-state index contributed by atoms with van der Waals surface area (Å²) in [6.07, 6.45) is 3.13. The van der Waals surface area contributed by atoms with Crippen molar-refractivity contribution in [1.29, 1.82) is 0 Å². The summed E-state index contributed by atoms with van der Waals surface area (Å²) in [6.45, 7) is 2.00. The summed E-state index contributed by atoms with van der Waals surface area (Å²) in [6, 6.07) is 6.71. The number of ether oxygens (including phenoxy) is 1. The number of hydrogen-bond donors (Lipinski definition) is 1. The molecule has 2 aliphatic rings. The Balaban J connectivity index is 1.56. The van der Waals surface area contributed by atoms with Crippen molar-refractivity contribution in [2.24, 2.45) is 11.7 Å². The van der Waals surface area contributed by atoms with Gasteiger partial charge >= 0.3 is 0 Å². The van der Waals surface area contributed by atoms with Gasteiger partial charge in [-0.1, -0.05) is 12.5 Å². The van der Waals surface area contributed by atoms with Crippen molar-refractivity contribution in [2.75, 3.05) is 32.8 Å². The molecule has 1 aromatic carbocycles. The van der Waals surface area contributed by atoms with Gasteiger partial charge in [-0.05, 0) is 31.0 Å². The second kappa shape index (κ2) is 7.55. The molecule has 1 saturated carbocycles. The monoisotopic (exact) mass is 345 g/mol. The molecule has 2 fully saturated rings. The van der Waals surface area contributed by atoms with E-state index in [1.165, 1.54) is 0 Å². The molecule has 1 aliphatic carbocycles. The van der Waals surface area contributed by atoms with Crippen LogP contribution in [0.25, 0.3) is 0 Å². The molecule has 0 unspecified atom stereocenters. The maximum absolute atomic E-state index is 12.6. The molecular formula is C18H23N3O4.